The van der Waals surface area contributed by atoms with E-state index >= 15 is 0 Å². The van der Waals surface area contributed by atoms with Crippen LogP contribution < -0.4 is 10.1 Å². The van der Waals surface area contributed by atoms with Crippen LogP contribution in [0.3, 0.4) is 0 Å². The zero-order valence-electron chi connectivity index (χ0n) is 14.4. The first-order valence-corrected chi connectivity index (χ1v) is 8.77. The van der Waals surface area contributed by atoms with Crippen LogP contribution in [-0.2, 0) is 0 Å². The molecular weight excluding hydrogens is 348 g/mol. The summed E-state index contributed by atoms with van der Waals surface area (Å²) in [5.74, 6) is 0.307. The molecule has 2 N–H and O–H groups in total. The first kappa shape index (κ1) is 17.7. The van der Waals surface area contributed by atoms with Crippen LogP contribution in [0, 0.1) is 6.92 Å². The van der Waals surface area contributed by atoms with Crippen molar-refractivity contribution in [2.75, 3.05) is 12.4 Å². The van der Waals surface area contributed by atoms with Crippen molar-refractivity contribution in [3.05, 3.63) is 70.7 Å². The molecule has 0 saturated carbocycles. The Morgan fingerprint density at radius 3 is 2.73 bits per heavy atom. The lowest BCUT2D eigenvalue weighted by atomic mass is 10.1. The van der Waals surface area contributed by atoms with Crippen LogP contribution in [0.25, 0.3) is 6.08 Å². The number of benzene rings is 2. The van der Waals surface area contributed by atoms with Gasteiger partial charge in [0.05, 0.1) is 17.7 Å². The zero-order valence-corrected chi connectivity index (χ0v) is 15.2. The van der Waals surface area contributed by atoms with Crippen molar-refractivity contribution in [3.8, 4) is 11.5 Å². The SMILES string of the molecule is COc1cc(/C=C/C(=O)c2sc(Nc3ccccc3)nc2C)ccc1O. The fraction of sp³-hybridized carbons (Fsp3) is 0.100. The minimum Gasteiger partial charge on any atom is -0.504 e. The average molecular weight is 366 g/mol. The van der Waals surface area contributed by atoms with Gasteiger partial charge in [0.15, 0.2) is 22.4 Å². The molecule has 0 amide bonds. The number of nitrogens with one attached hydrogen (secondary N) is 1. The summed E-state index contributed by atoms with van der Waals surface area (Å²) >= 11 is 1.32. The van der Waals surface area contributed by atoms with Gasteiger partial charge < -0.3 is 15.2 Å². The summed E-state index contributed by atoms with van der Waals surface area (Å²) in [4.78, 5) is 17.5. The van der Waals surface area contributed by atoms with Crippen LogP contribution in [0.15, 0.2) is 54.6 Å². The Morgan fingerprint density at radius 1 is 1.23 bits per heavy atom. The molecule has 0 unspecified atom stereocenters. The summed E-state index contributed by atoms with van der Waals surface area (Å²) in [6.07, 6.45) is 3.19. The van der Waals surface area contributed by atoms with Gasteiger partial charge >= 0.3 is 0 Å². The summed E-state index contributed by atoms with van der Waals surface area (Å²) in [6, 6.07) is 14.6. The van der Waals surface area contributed by atoms with Gasteiger partial charge in [0.1, 0.15) is 0 Å². The minimum atomic E-state index is -0.117. The number of aryl methyl sites for hydroxylation is 1. The summed E-state index contributed by atoms with van der Waals surface area (Å²) in [5, 5.41) is 13.5. The van der Waals surface area contributed by atoms with Crippen LogP contribution in [-0.4, -0.2) is 23.0 Å². The normalized spacial score (nSPS) is 10.8. The third kappa shape index (κ3) is 4.10. The van der Waals surface area contributed by atoms with Crippen molar-refractivity contribution in [2.24, 2.45) is 0 Å². The molecule has 0 atom stereocenters. The number of ether oxygens (including phenoxy) is 1. The van der Waals surface area contributed by atoms with E-state index in [2.05, 4.69) is 10.3 Å². The molecular formula is C20H18N2O3S. The standard InChI is InChI=1S/C20H18N2O3S/c1-13-19(26-20(21-13)22-15-6-4-3-5-7-15)17(24)11-9-14-8-10-16(23)18(12-14)25-2/h3-12,23H,1-2H3,(H,21,22)/b11-9+. The number of anilines is 2. The molecule has 0 aliphatic rings. The van der Waals surface area contributed by atoms with E-state index in [0.29, 0.717) is 21.5 Å². The highest BCUT2D eigenvalue weighted by Gasteiger charge is 2.13. The Bertz CT molecular complexity index is 949. The smallest absolute Gasteiger partial charge is 0.197 e. The van der Waals surface area contributed by atoms with E-state index in [0.717, 1.165) is 11.3 Å². The Labute approximate surface area is 155 Å². The molecule has 1 heterocycles. The lowest BCUT2D eigenvalue weighted by molar-refractivity contribution is 0.105. The van der Waals surface area contributed by atoms with Crippen LogP contribution in [0.5, 0.6) is 11.5 Å². The van der Waals surface area contributed by atoms with Crippen molar-refractivity contribution in [2.45, 2.75) is 6.92 Å². The maximum atomic E-state index is 12.5. The number of phenols is 1. The third-order valence-corrected chi connectivity index (χ3v) is 4.76. The predicted molar refractivity (Wildman–Crippen MR) is 105 cm³/mol. The molecule has 0 aliphatic carbocycles. The van der Waals surface area contributed by atoms with Gasteiger partial charge in [-0.3, -0.25) is 4.79 Å². The van der Waals surface area contributed by atoms with Crippen LogP contribution >= 0.6 is 11.3 Å². The predicted octanol–water partition coefficient (Wildman–Crippen LogP) is 4.81. The average Bonchev–Trinajstić information content (AvgIpc) is 3.01. The first-order chi connectivity index (χ1) is 12.6. The second-order valence-corrected chi connectivity index (χ2v) is 6.55. The van der Waals surface area contributed by atoms with Gasteiger partial charge in [-0.1, -0.05) is 41.7 Å². The molecule has 0 aliphatic heterocycles. The van der Waals surface area contributed by atoms with E-state index in [1.165, 1.54) is 30.6 Å². The fourth-order valence-electron chi connectivity index (χ4n) is 2.37. The van der Waals surface area contributed by atoms with Crippen molar-refractivity contribution >= 4 is 34.0 Å². The number of carbonyl (C=O) groups is 1. The summed E-state index contributed by atoms with van der Waals surface area (Å²) in [5.41, 5.74) is 2.37. The van der Waals surface area contributed by atoms with Crippen LogP contribution in [0.1, 0.15) is 20.9 Å². The number of thiazole rings is 1. The fourth-order valence-corrected chi connectivity index (χ4v) is 3.28. The number of para-hydroxylation sites is 1. The second kappa shape index (κ2) is 7.84. The number of aromatic hydroxyl groups is 1. The van der Waals surface area contributed by atoms with Gasteiger partial charge in [-0.2, -0.15) is 0 Å². The number of rotatable bonds is 6. The zero-order chi connectivity index (χ0) is 18.5. The number of phenolic OH excluding ortho intramolecular Hbond substituents is 1. The van der Waals surface area contributed by atoms with Gasteiger partial charge in [0, 0.05) is 5.69 Å². The monoisotopic (exact) mass is 366 g/mol. The number of aromatic nitrogens is 1. The molecule has 132 valence electrons. The van der Waals surface area contributed by atoms with Crippen LogP contribution in [0.2, 0.25) is 0 Å². The van der Waals surface area contributed by atoms with E-state index in [-0.39, 0.29) is 11.5 Å². The molecule has 1 aromatic heterocycles. The number of carbonyl (C=O) groups excluding carboxylic acids is 1. The number of allylic oxidation sites excluding steroid dienone is 1. The van der Waals surface area contributed by atoms with Crippen molar-refractivity contribution in [1.82, 2.24) is 4.98 Å². The molecule has 0 saturated heterocycles. The van der Waals surface area contributed by atoms with E-state index < -0.39 is 0 Å². The Balaban J connectivity index is 1.75. The summed E-state index contributed by atoms with van der Waals surface area (Å²) in [7, 11) is 1.48. The maximum Gasteiger partial charge on any atom is 0.197 e. The lowest BCUT2D eigenvalue weighted by Gasteiger charge is -2.03. The highest BCUT2D eigenvalue weighted by Crippen LogP contribution is 2.28. The summed E-state index contributed by atoms with van der Waals surface area (Å²) < 4.78 is 5.07. The first-order valence-electron chi connectivity index (χ1n) is 7.95. The second-order valence-electron chi connectivity index (χ2n) is 5.55. The van der Waals surface area contributed by atoms with Crippen molar-refractivity contribution in [3.63, 3.8) is 0 Å². The highest BCUT2D eigenvalue weighted by atomic mass is 32.1. The lowest BCUT2D eigenvalue weighted by Crippen LogP contribution is -1.93. The molecule has 0 fully saturated rings. The third-order valence-electron chi connectivity index (χ3n) is 3.68. The van der Waals surface area contributed by atoms with E-state index in [4.69, 9.17) is 4.74 Å². The van der Waals surface area contributed by atoms with Gasteiger partial charge in [-0.25, -0.2) is 4.98 Å². The minimum absolute atomic E-state index is 0.0610. The van der Waals surface area contributed by atoms with E-state index in [1.54, 1.807) is 18.2 Å². The van der Waals surface area contributed by atoms with E-state index in [1.807, 2.05) is 37.3 Å². The number of ketones is 1. The van der Waals surface area contributed by atoms with Gasteiger partial charge in [0.25, 0.3) is 0 Å². The Morgan fingerprint density at radius 2 is 2.00 bits per heavy atom. The molecule has 0 bridgehead atoms. The largest absolute Gasteiger partial charge is 0.504 e. The Kier molecular flexibility index (Phi) is 5.34. The number of nitrogens with zero attached hydrogens (tertiary/aromatic N) is 1. The van der Waals surface area contributed by atoms with Gasteiger partial charge in [-0.05, 0) is 42.8 Å². The Hall–Kier alpha value is -3.12. The van der Waals surface area contributed by atoms with Gasteiger partial charge in [0.2, 0.25) is 0 Å². The molecule has 0 spiro atoms. The van der Waals surface area contributed by atoms with Gasteiger partial charge in [-0.15, -0.1) is 0 Å². The molecule has 0 radical (unpaired) electrons. The molecule has 5 nitrogen and oxygen atoms in total. The topological polar surface area (TPSA) is 71.5 Å². The molecule has 3 rings (SSSR count). The van der Waals surface area contributed by atoms with Crippen LogP contribution in [0.4, 0.5) is 10.8 Å². The number of hydrogen-bond acceptors (Lipinski definition) is 6. The van der Waals surface area contributed by atoms with Crippen molar-refractivity contribution < 1.29 is 14.6 Å². The number of hydrogen-bond donors (Lipinski definition) is 2. The van der Waals surface area contributed by atoms with E-state index in [9.17, 15) is 9.90 Å². The summed E-state index contributed by atoms with van der Waals surface area (Å²) in [6.45, 7) is 1.82. The molecule has 26 heavy (non-hydrogen) atoms. The maximum absolute atomic E-state index is 12.5. The number of methoxy groups -OCH3 is 1. The molecule has 2 aromatic carbocycles. The highest BCUT2D eigenvalue weighted by molar-refractivity contribution is 7.17. The molecule has 3 aromatic rings. The van der Waals surface area contributed by atoms with Crippen molar-refractivity contribution in [1.29, 1.82) is 0 Å². The molecule has 6 heteroatoms. The quantitative estimate of drug-likeness (QED) is 0.484.